The zero-order valence-corrected chi connectivity index (χ0v) is 35.5. The number of ether oxygens (including phenoxy) is 2. The molecule has 0 bridgehead atoms. The highest BCUT2D eigenvalue weighted by atomic mass is 35.5. The number of hydrogen-bond donors (Lipinski definition) is 1. The largest absolute Gasteiger partial charge is 0.494 e. The van der Waals surface area contributed by atoms with Crippen molar-refractivity contribution < 1.29 is 14.3 Å². The maximum absolute atomic E-state index is 12.9. The molecule has 0 aromatic heterocycles. The molecule has 308 valence electrons. The molecule has 58 heavy (non-hydrogen) atoms. The van der Waals surface area contributed by atoms with E-state index in [0.29, 0.717) is 19.3 Å². The van der Waals surface area contributed by atoms with Crippen LogP contribution in [0.15, 0.2) is 103 Å². The first-order valence-electron chi connectivity index (χ1n) is 22.7. The second-order valence-electron chi connectivity index (χ2n) is 18.1. The smallest absolute Gasteiger partial charge is 0.310 e. The Balaban J connectivity index is 0.783. The van der Waals surface area contributed by atoms with E-state index in [1.165, 1.54) is 75.3 Å². The maximum Gasteiger partial charge on any atom is 0.310 e. The molecule has 4 fully saturated rings. The zero-order chi connectivity index (χ0) is 39.7. The molecule has 1 N–H and O–H groups in total. The van der Waals surface area contributed by atoms with Crippen LogP contribution in [0.25, 0.3) is 0 Å². The Morgan fingerprint density at radius 2 is 1.47 bits per heavy atom. The Morgan fingerprint density at radius 1 is 0.759 bits per heavy atom. The minimum Gasteiger partial charge on any atom is -0.494 e. The molecule has 5 nitrogen and oxygen atoms in total. The summed E-state index contributed by atoms with van der Waals surface area (Å²) in [5.41, 5.74) is 5.76. The molecule has 7 unspecified atom stereocenters. The normalized spacial score (nSPS) is 25.2. The van der Waals surface area contributed by atoms with E-state index in [4.69, 9.17) is 21.1 Å². The highest BCUT2D eigenvalue weighted by molar-refractivity contribution is 6.32. The molecule has 4 aromatic carbocycles. The molecule has 0 heterocycles. The number of benzene rings is 4. The summed E-state index contributed by atoms with van der Waals surface area (Å²) in [6, 6.07) is 36.4. The number of rotatable bonds is 17. The molecule has 6 heteroatoms. The first-order valence-corrected chi connectivity index (χ1v) is 23.0. The van der Waals surface area contributed by atoms with Crippen LogP contribution in [0.3, 0.4) is 0 Å². The fourth-order valence-corrected chi connectivity index (χ4v) is 12.1. The van der Waals surface area contributed by atoms with E-state index in [9.17, 15) is 4.79 Å². The summed E-state index contributed by atoms with van der Waals surface area (Å²) in [7, 11) is 0. The lowest BCUT2D eigenvalue weighted by atomic mass is 9.53. The van der Waals surface area contributed by atoms with Crippen molar-refractivity contribution in [2.45, 2.75) is 102 Å². The summed E-state index contributed by atoms with van der Waals surface area (Å²) in [6.07, 6.45) is 15.5. The average Bonchev–Trinajstić information content (AvgIpc) is 3.75. The molecule has 4 aliphatic carbocycles. The number of hydrogen-bond acceptors (Lipinski definition) is 5. The Bertz CT molecular complexity index is 1860. The Kier molecular flexibility index (Phi) is 14.2. The summed E-state index contributed by atoms with van der Waals surface area (Å²) in [5, 5.41) is 4.61. The number of aryl methyl sites for hydroxylation is 1. The SMILES string of the molecule is Cc1cccc(CN(CCCOc2cccc(CC(=O)OCCNC3CCC4C(CCC5C6CCCC6CCC45)C3)c2)CC(c2ccccc2)c2ccccc2)c1Cl. The van der Waals surface area contributed by atoms with Gasteiger partial charge in [-0.25, -0.2) is 0 Å². The summed E-state index contributed by atoms with van der Waals surface area (Å²) < 4.78 is 12.0. The molecule has 8 rings (SSSR count). The molecule has 0 aliphatic heterocycles. The lowest BCUT2D eigenvalue weighted by Crippen LogP contribution is -2.47. The van der Waals surface area contributed by atoms with Crippen LogP contribution in [0.5, 0.6) is 5.75 Å². The van der Waals surface area contributed by atoms with Crippen molar-refractivity contribution in [3.05, 3.63) is 136 Å². The van der Waals surface area contributed by atoms with Gasteiger partial charge in [-0.2, -0.15) is 0 Å². The van der Waals surface area contributed by atoms with Crippen LogP contribution in [-0.2, 0) is 22.5 Å². The molecule has 0 saturated heterocycles. The van der Waals surface area contributed by atoms with Gasteiger partial charge in [0.15, 0.2) is 0 Å². The monoisotopic (exact) mass is 800 g/mol. The van der Waals surface area contributed by atoms with Crippen LogP contribution in [0.2, 0.25) is 5.02 Å². The van der Waals surface area contributed by atoms with Crippen LogP contribution in [-0.4, -0.2) is 49.8 Å². The van der Waals surface area contributed by atoms with Gasteiger partial charge in [-0.3, -0.25) is 9.69 Å². The third-order valence-electron chi connectivity index (χ3n) is 14.6. The predicted molar refractivity (Wildman–Crippen MR) is 236 cm³/mol. The van der Waals surface area contributed by atoms with Gasteiger partial charge in [-0.1, -0.05) is 115 Å². The van der Waals surface area contributed by atoms with Gasteiger partial charge in [0.05, 0.1) is 13.0 Å². The number of halogens is 1. The molecule has 4 aliphatic rings. The fourth-order valence-electron chi connectivity index (χ4n) is 11.9. The van der Waals surface area contributed by atoms with Crippen molar-refractivity contribution in [1.29, 1.82) is 0 Å². The minimum atomic E-state index is -0.180. The Labute approximate surface area is 353 Å². The van der Waals surface area contributed by atoms with E-state index in [1.54, 1.807) is 0 Å². The van der Waals surface area contributed by atoms with Gasteiger partial charge in [0.25, 0.3) is 0 Å². The second kappa shape index (κ2) is 20.1. The molecule has 0 amide bonds. The summed E-state index contributed by atoms with van der Waals surface area (Å²) in [6.45, 7) is 6.26. The first-order chi connectivity index (χ1) is 28.5. The van der Waals surface area contributed by atoms with Gasteiger partial charge in [-0.15, -0.1) is 0 Å². The van der Waals surface area contributed by atoms with Crippen molar-refractivity contribution in [3.63, 3.8) is 0 Å². The number of nitrogens with zero attached hydrogens (tertiary/aromatic N) is 1. The fraction of sp³-hybridized carbons (Fsp3) is 0.519. The minimum absolute atomic E-state index is 0.180. The van der Waals surface area contributed by atoms with E-state index in [-0.39, 0.29) is 18.3 Å². The lowest BCUT2D eigenvalue weighted by Gasteiger charge is -2.53. The van der Waals surface area contributed by atoms with Crippen molar-refractivity contribution >= 4 is 17.6 Å². The van der Waals surface area contributed by atoms with Crippen molar-refractivity contribution in [3.8, 4) is 5.75 Å². The average molecular weight is 802 g/mol. The number of carbonyl (C=O) groups excluding carboxylic acids is 1. The van der Waals surface area contributed by atoms with Crippen LogP contribution in [0.4, 0.5) is 0 Å². The van der Waals surface area contributed by atoms with Gasteiger partial charge < -0.3 is 14.8 Å². The molecule has 4 saturated carbocycles. The standard InChI is InChI=1S/C52H65ClN2O3/c1-37-12-8-19-43(52(37)53)35-55(36-50(39-14-4-2-5-15-39)40-16-6-3-7-17-40)29-11-30-57-45-20-9-13-38(32-45)33-51(56)58-31-28-54-44-24-27-47-42(34-44)23-26-48-46-21-10-18-41(46)22-25-49(47)48/h2-9,12-17,19-20,32,41-42,44,46-50,54H,10-11,18,21-31,33-36H2,1H3. The lowest BCUT2D eigenvalue weighted by molar-refractivity contribution is -0.142. The van der Waals surface area contributed by atoms with E-state index < -0.39 is 0 Å². The molecular weight excluding hydrogens is 736 g/mol. The third-order valence-corrected chi connectivity index (χ3v) is 15.1. The molecular formula is C52H65ClN2O3. The van der Waals surface area contributed by atoms with E-state index in [2.05, 4.69) is 96.0 Å². The van der Waals surface area contributed by atoms with E-state index in [0.717, 1.165) is 95.6 Å². The number of fused-ring (bicyclic) bond motifs is 5. The summed E-state index contributed by atoms with van der Waals surface area (Å²) in [5.74, 6) is 6.85. The Morgan fingerprint density at radius 3 is 2.24 bits per heavy atom. The van der Waals surface area contributed by atoms with Crippen LogP contribution in [0, 0.1) is 42.4 Å². The first kappa shape index (κ1) is 41.1. The molecule has 0 spiro atoms. The molecule has 4 aromatic rings. The highest BCUT2D eigenvalue weighted by Crippen LogP contribution is 2.57. The van der Waals surface area contributed by atoms with Crippen LogP contribution >= 0.6 is 11.6 Å². The van der Waals surface area contributed by atoms with Gasteiger partial charge >= 0.3 is 5.97 Å². The highest BCUT2D eigenvalue weighted by Gasteiger charge is 2.49. The Hall–Kier alpha value is -3.64. The van der Waals surface area contributed by atoms with Crippen LogP contribution in [0.1, 0.15) is 104 Å². The predicted octanol–water partition coefficient (Wildman–Crippen LogP) is 11.4. The molecule has 7 atom stereocenters. The summed E-state index contributed by atoms with van der Waals surface area (Å²) in [4.78, 5) is 15.4. The van der Waals surface area contributed by atoms with Gasteiger partial charge in [0.2, 0.25) is 0 Å². The van der Waals surface area contributed by atoms with Crippen LogP contribution < -0.4 is 10.1 Å². The maximum atomic E-state index is 12.9. The molecule has 0 radical (unpaired) electrons. The van der Waals surface area contributed by atoms with E-state index in [1.807, 2.05) is 24.3 Å². The number of esters is 1. The second-order valence-corrected chi connectivity index (χ2v) is 18.5. The van der Waals surface area contributed by atoms with E-state index >= 15 is 0 Å². The number of nitrogens with one attached hydrogen (secondary N) is 1. The zero-order valence-electron chi connectivity index (χ0n) is 34.7. The quantitative estimate of drug-likeness (QED) is 0.0851. The van der Waals surface area contributed by atoms with Crippen molar-refractivity contribution in [2.75, 3.05) is 32.8 Å². The topological polar surface area (TPSA) is 50.8 Å². The van der Waals surface area contributed by atoms with Crippen molar-refractivity contribution in [2.24, 2.45) is 35.5 Å². The van der Waals surface area contributed by atoms with Gasteiger partial charge in [0, 0.05) is 43.2 Å². The van der Waals surface area contributed by atoms with Gasteiger partial charge in [-0.05, 0) is 140 Å². The van der Waals surface area contributed by atoms with Gasteiger partial charge in [0.1, 0.15) is 12.4 Å². The third kappa shape index (κ3) is 10.4. The number of carbonyl (C=O) groups is 1. The summed E-state index contributed by atoms with van der Waals surface area (Å²) >= 11 is 6.83. The van der Waals surface area contributed by atoms with Crippen molar-refractivity contribution in [1.82, 2.24) is 10.2 Å².